The first-order chi connectivity index (χ1) is 10.0. The lowest BCUT2D eigenvalue weighted by molar-refractivity contribution is -0.142. The zero-order valence-corrected chi connectivity index (χ0v) is 12.9. The third-order valence-corrected chi connectivity index (χ3v) is 3.79. The maximum absolute atomic E-state index is 11.9. The molecule has 2 atom stereocenters. The number of hydrogen-bond acceptors (Lipinski definition) is 4. The molecule has 0 heterocycles. The van der Waals surface area contributed by atoms with Gasteiger partial charge in [-0.2, -0.15) is 11.8 Å². The Kier molecular flexibility index (Phi) is 7.85. The van der Waals surface area contributed by atoms with E-state index in [9.17, 15) is 9.59 Å². The van der Waals surface area contributed by atoms with Crippen LogP contribution in [0.4, 0.5) is 0 Å². The number of carboxylic acids is 1. The van der Waals surface area contributed by atoms with Crippen LogP contribution >= 0.6 is 11.8 Å². The molecule has 116 valence electrons. The lowest BCUT2D eigenvalue weighted by Gasteiger charge is -2.17. The predicted molar refractivity (Wildman–Crippen MR) is 85.3 cm³/mol. The van der Waals surface area contributed by atoms with Crippen LogP contribution in [0.3, 0.4) is 0 Å². The van der Waals surface area contributed by atoms with Crippen LogP contribution in [0.5, 0.6) is 0 Å². The van der Waals surface area contributed by atoms with Crippen molar-refractivity contribution in [3.8, 4) is 0 Å². The van der Waals surface area contributed by atoms with Crippen LogP contribution < -0.4 is 11.1 Å². The fourth-order valence-corrected chi connectivity index (χ4v) is 2.34. The molecule has 0 bridgehead atoms. The summed E-state index contributed by atoms with van der Waals surface area (Å²) in [4.78, 5) is 23.0. The smallest absolute Gasteiger partial charge is 0.326 e. The number of carbonyl (C=O) groups excluding carboxylic acids is 1. The molecule has 0 radical (unpaired) electrons. The monoisotopic (exact) mass is 310 g/mol. The SMILES string of the molecule is CSCC[C@H](NC(=O)C(N)CCc1ccccc1)C(=O)O. The Bertz CT molecular complexity index is 453. The zero-order valence-electron chi connectivity index (χ0n) is 12.1. The molecule has 0 fully saturated rings. The predicted octanol–water partition coefficient (Wildman–Crippen LogP) is 1.27. The molecular weight excluding hydrogens is 288 g/mol. The number of aliphatic carboxylic acids is 1. The normalized spacial score (nSPS) is 13.4. The van der Waals surface area contributed by atoms with E-state index in [1.54, 1.807) is 11.8 Å². The number of nitrogens with two attached hydrogens (primary N) is 1. The van der Waals surface area contributed by atoms with E-state index < -0.39 is 24.0 Å². The topological polar surface area (TPSA) is 92.4 Å². The summed E-state index contributed by atoms with van der Waals surface area (Å²) in [5.74, 6) is -0.747. The lowest BCUT2D eigenvalue weighted by Crippen LogP contribution is -2.48. The van der Waals surface area contributed by atoms with Crippen LogP contribution in [-0.4, -0.2) is 41.1 Å². The first-order valence-corrected chi connectivity index (χ1v) is 8.25. The van der Waals surface area contributed by atoms with Crippen molar-refractivity contribution in [2.45, 2.75) is 31.3 Å². The largest absolute Gasteiger partial charge is 0.480 e. The van der Waals surface area contributed by atoms with Gasteiger partial charge in [0.25, 0.3) is 0 Å². The van der Waals surface area contributed by atoms with Gasteiger partial charge in [0.2, 0.25) is 5.91 Å². The second kappa shape index (κ2) is 9.41. The number of carbonyl (C=O) groups is 2. The van der Waals surface area contributed by atoms with Crippen LogP contribution in [0.2, 0.25) is 0 Å². The summed E-state index contributed by atoms with van der Waals surface area (Å²) in [7, 11) is 0. The third kappa shape index (κ3) is 6.64. The second-order valence-electron chi connectivity index (χ2n) is 4.81. The molecule has 0 aliphatic heterocycles. The minimum Gasteiger partial charge on any atom is -0.480 e. The van der Waals surface area contributed by atoms with Crippen LogP contribution in [0.1, 0.15) is 18.4 Å². The number of carboxylic acid groups (broad SMARTS) is 1. The molecule has 21 heavy (non-hydrogen) atoms. The molecule has 1 aromatic rings. The molecule has 0 saturated heterocycles. The highest BCUT2D eigenvalue weighted by Gasteiger charge is 2.22. The first kappa shape index (κ1) is 17.5. The highest BCUT2D eigenvalue weighted by molar-refractivity contribution is 7.98. The third-order valence-electron chi connectivity index (χ3n) is 3.15. The van der Waals surface area contributed by atoms with Gasteiger partial charge in [0.1, 0.15) is 6.04 Å². The van der Waals surface area contributed by atoms with Gasteiger partial charge in [-0.05, 0) is 36.8 Å². The summed E-state index contributed by atoms with van der Waals surface area (Å²) < 4.78 is 0. The van der Waals surface area contributed by atoms with Gasteiger partial charge in [0, 0.05) is 0 Å². The van der Waals surface area contributed by atoms with Crippen LogP contribution in [0.15, 0.2) is 30.3 Å². The summed E-state index contributed by atoms with van der Waals surface area (Å²) in [5.41, 5.74) is 6.94. The van der Waals surface area contributed by atoms with Gasteiger partial charge in [0.05, 0.1) is 6.04 Å². The number of amides is 1. The van der Waals surface area contributed by atoms with Crippen molar-refractivity contribution in [3.05, 3.63) is 35.9 Å². The summed E-state index contributed by atoms with van der Waals surface area (Å²) in [6.07, 6.45) is 3.47. The Morgan fingerprint density at radius 1 is 1.29 bits per heavy atom. The minimum absolute atomic E-state index is 0.396. The Balaban J connectivity index is 2.43. The Morgan fingerprint density at radius 3 is 2.52 bits per heavy atom. The van der Waals surface area contributed by atoms with E-state index in [2.05, 4.69) is 5.32 Å². The van der Waals surface area contributed by atoms with E-state index in [1.165, 1.54) is 0 Å². The van der Waals surface area contributed by atoms with Crippen molar-refractivity contribution in [2.24, 2.45) is 5.73 Å². The van der Waals surface area contributed by atoms with Crippen LogP contribution in [0, 0.1) is 0 Å². The Labute approximate surface area is 129 Å². The molecule has 1 amide bonds. The number of rotatable bonds is 9. The molecular formula is C15H22N2O3S. The minimum atomic E-state index is -1.02. The van der Waals surface area contributed by atoms with Crippen molar-refractivity contribution >= 4 is 23.6 Å². The van der Waals surface area contributed by atoms with Crippen LogP contribution in [0.25, 0.3) is 0 Å². The fourth-order valence-electron chi connectivity index (χ4n) is 1.87. The summed E-state index contributed by atoms with van der Waals surface area (Å²) in [6.45, 7) is 0. The van der Waals surface area contributed by atoms with Crippen molar-refractivity contribution in [1.29, 1.82) is 0 Å². The van der Waals surface area contributed by atoms with E-state index in [-0.39, 0.29) is 0 Å². The molecule has 0 saturated carbocycles. The summed E-state index contributed by atoms with van der Waals surface area (Å²) in [6, 6.07) is 8.19. The van der Waals surface area contributed by atoms with Gasteiger partial charge in [-0.3, -0.25) is 4.79 Å². The fraction of sp³-hybridized carbons (Fsp3) is 0.467. The molecule has 0 aliphatic carbocycles. The Hall–Kier alpha value is -1.53. The highest BCUT2D eigenvalue weighted by Crippen LogP contribution is 2.05. The average molecular weight is 310 g/mol. The van der Waals surface area contributed by atoms with Gasteiger partial charge in [0.15, 0.2) is 0 Å². The van der Waals surface area contributed by atoms with E-state index in [0.29, 0.717) is 25.0 Å². The van der Waals surface area contributed by atoms with Gasteiger partial charge >= 0.3 is 5.97 Å². The summed E-state index contributed by atoms with van der Waals surface area (Å²) in [5, 5.41) is 11.6. The quantitative estimate of drug-likeness (QED) is 0.639. The number of benzene rings is 1. The van der Waals surface area contributed by atoms with E-state index in [1.807, 2.05) is 36.6 Å². The molecule has 0 aromatic heterocycles. The van der Waals surface area contributed by atoms with Crippen molar-refractivity contribution in [2.75, 3.05) is 12.0 Å². The van der Waals surface area contributed by atoms with E-state index in [4.69, 9.17) is 10.8 Å². The van der Waals surface area contributed by atoms with E-state index in [0.717, 1.165) is 5.56 Å². The lowest BCUT2D eigenvalue weighted by atomic mass is 10.0. The molecule has 1 rings (SSSR count). The molecule has 5 nitrogen and oxygen atoms in total. The first-order valence-electron chi connectivity index (χ1n) is 6.86. The zero-order chi connectivity index (χ0) is 15.7. The van der Waals surface area contributed by atoms with Crippen LogP contribution in [-0.2, 0) is 16.0 Å². The van der Waals surface area contributed by atoms with Gasteiger partial charge in [-0.15, -0.1) is 0 Å². The highest BCUT2D eigenvalue weighted by atomic mass is 32.2. The Morgan fingerprint density at radius 2 is 1.95 bits per heavy atom. The van der Waals surface area contributed by atoms with Crippen molar-refractivity contribution in [3.63, 3.8) is 0 Å². The van der Waals surface area contributed by atoms with Crippen molar-refractivity contribution in [1.82, 2.24) is 5.32 Å². The number of thioether (sulfide) groups is 1. The van der Waals surface area contributed by atoms with Gasteiger partial charge in [-0.25, -0.2) is 4.79 Å². The second-order valence-corrected chi connectivity index (χ2v) is 5.80. The maximum atomic E-state index is 11.9. The standard InChI is InChI=1S/C15H22N2O3S/c1-21-10-9-13(15(19)20)17-14(18)12(16)8-7-11-5-3-2-4-6-11/h2-6,12-13H,7-10,16H2,1H3,(H,17,18)(H,19,20)/t12?,13-/m0/s1. The number of hydrogen-bond donors (Lipinski definition) is 3. The van der Waals surface area contributed by atoms with Gasteiger partial charge in [-0.1, -0.05) is 30.3 Å². The van der Waals surface area contributed by atoms with Gasteiger partial charge < -0.3 is 16.2 Å². The molecule has 6 heteroatoms. The maximum Gasteiger partial charge on any atom is 0.326 e. The van der Waals surface area contributed by atoms with Crippen molar-refractivity contribution < 1.29 is 14.7 Å². The number of aryl methyl sites for hydroxylation is 1. The summed E-state index contributed by atoms with van der Waals surface area (Å²) >= 11 is 1.54. The molecule has 0 aliphatic rings. The average Bonchev–Trinajstić information content (AvgIpc) is 2.49. The molecule has 1 aromatic carbocycles. The molecule has 4 N–H and O–H groups in total. The molecule has 1 unspecified atom stereocenters. The molecule has 0 spiro atoms. The van der Waals surface area contributed by atoms with E-state index >= 15 is 0 Å². The number of nitrogens with one attached hydrogen (secondary N) is 1.